The molecule has 2 rings (SSSR count). The fraction of sp³-hybridized carbons (Fsp3) is 0.500. The zero-order valence-electron chi connectivity index (χ0n) is 7.81. The van der Waals surface area contributed by atoms with E-state index >= 15 is 0 Å². The molecule has 1 aromatic heterocycles. The summed E-state index contributed by atoms with van der Waals surface area (Å²) in [6, 6.07) is 1.96. The van der Waals surface area contributed by atoms with Crippen LogP contribution in [0, 0.1) is 11.3 Å². The highest BCUT2D eigenvalue weighted by molar-refractivity contribution is 7.99. The van der Waals surface area contributed by atoms with Crippen molar-refractivity contribution in [1.82, 2.24) is 9.97 Å². The van der Waals surface area contributed by atoms with Gasteiger partial charge in [0.15, 0.2) is 5.69 Å². The van der Waals surface area contributed by atoms with Crippen molar-refractivity contribution >= 4 is 11.8 Å². The molecule has 0 atom stereocenters. The van der Waals surface area contributed by atoms with Gasteiger partial charge in [-0.05, 0) is 12.8 Å². The lowest BCUT2D eigenvalue weighted by atomic mass is 10.4. The molecule has 1 heterocycles. The minimum absolute atomic E-state index is 0.390. The van der Waals surface area contributed by atoms with Crippen LogP contribution in [0.3, 0.4) is 0 Å². The Labute approximate surface area is 87.6 Å². The molecule has 0 saturated heterocycles. The van der Waals surface area contributed by atoms with Crippen molar-refractivity contribution in [2.45, 2.75) is 36.0 Å². The lowest BCUT2D eigenvalue weighted by Gasteiger charge is -2.06. The Bertz CT molecular complexity index is 335. The van der Waals surface area contributed by atoms with Gasteiger partial charge in [-0.25, -0.2) is 9.97 Å². The van der Waals surface area contributed by atoms with Crippen LogP contribution in [0.15, 0.2) is 17.4 Å². The van der Waals surface area contributed by atoms with Gasteiger partial charge in [-0.2, -0.15) is 5.26 Å². The Hall–Kier alpha value is -1.08. The third-order valence-corrected chi connectivity index (χ3v) is 3.59. The molecule has 4 heteroatoms. The van der Waals surface area contributed by atoms with E-state index in [0.717, 1.165) is 5.03 Å². The largest absolute Gasteiger partial charge is 0.245 e. The zero-order valence-corrected chi connectivity index (χ0v) is 8.63. The van der Waals surface area contributed by atoms with Gasteiger partial charge in [0, 0.05) is 5.25 Å². The van der Waals surface area contributed by atoms with Gasteiger partial charge in [0.25, 0.3) is 0 Å². The van der Waals surface area contributed by atoms with Crippen LogP contribution in [-0.2, 0) is 0 Å². The summed E-state index contributed by atoms with van der Waals surface area (Å²) in [6.07, 6.45) is 8.47. The van der Waals surface area contributed by atoms with Crippen molar-refractivity contribution in [3.63, 3.8) is 0 Å². The normalized spacial score (nSPS) is 16.8. The summed E-state index contributed by atoms with van der Waals surface area (Å²) in [4.78, 5) is 8.19. The lowest BCUT2D eigenvalue weighted by Crippen LogP contribution is -1.95. The van der Waals surface area contributed by atoms with E-state index in [-0.39, 0.29) is 0 Å². The van der Waals surface area contributed by atoms with Crippen LogP contribution in [0.1, 0.15) is 31.4 Å². The van der Waals surface area contributed by atoms with E-state index in [1.807, 2.05) is 6.07 Å². The second-order valence-electron chi connectivity index (χ2n) is 3.38. The predicted molar refractivity (Wildman–Crippen MR) is 54.9 cm³/mol. The smallest absolute Gasteiger partial charge is 0.158 e. The maximum absolute atomic E-state index is 8.55. The minimum atomic E-state index is 0.390. The molecule has 0 spiro atoms. The van der Waals surface area contributed by atoms with Crippen LogP contribution in [-0.4, -0.2) is 15.2 Å². The number of aromatic nitrogens is 2. The Morgan fingerprint density at radius 1 is 1.29 bits per heavy atom. The first-order chi connectivity index (χ1) is 6.88. The predicted octanol–water partition coefficient (Wildman–Crippen LogP) is 2.38. The SMILES string of the molecule is N#Cc1cnc(SC2CCCC2)cn1. The molecule has 0 radical (unpaired) electrons. The number of hydrogen-bond acceptors (Lipinski definition) is 4. The molecule has 0 aliphatic heterocycles. The van der Waals surface area contributed by atoms with Crippen molar-refractivity contribution in [1.29, 1.82) is 5.26 Å². The molecule has 0 amide bonds. The topological polar surface area (TPSA) is 49.6 Å². The molecular weight excluding hydrogens is 194 g/mol. The average molecular weight is 205 g/mol. The average Bonchev–Trinajstić information content (AvgIpc) is 2.72. The molecule has 0 unspecified atom stereocenters. The first-order valence-electron chi connectivity index (χ1n) is 4.77. The molecule has 1 saturated carbocycles. The van der Waals surface area contributed by atoms with Gasteiger partial charge in [0.1, 0.15) is 11.1 Å². The molecule has 1 aromatic rings. The number of nitrogens with zero attached hydrogens (tertiary/aromatic N) is 3. The minimum Gasteiger partial charge on any atom is -0.245 e. The summed E-state index contributed by atoms with van der Waals surface area (Å²) in [5.41, 5.74) is 0.390. The Kier molecular flexibility index (Phi) is 3.00. The zero-order chi connectivity index (χ0) is 9.80. The van der Waals surface area contributed by atoms with Crippen LogP contribution >= 0.6 is 11.8 Å². The first-order valence-corrected chi connectivity index (χ1v) is 5.65. The van der Waals surface area contributed by atoms with E-state index in [1.165, 1.54) is 31.9 Å². The molecule has 0 aromatic carbocycles. The van der Waals surface area contributed by atoms with Gasteiger partial charge in [0.05, 0.1) is 12.4 Å². The second kappa shape index (κ2) is 4.43. The van der Waals surface area contributed by atoms with Crippen LogP contribution < -0.4 is 0 Å². The highest BCUT2D eigenvalue weighted by Crippen LogP contribution is 2.33. The summed E-state index contributed by atoms with van der Waals surface area (Å²) < 4.78 is 0. The van der Waals surface area contributed by atoms with Gasteiger partial charge in [-0.1, -0.05) is 12.8 Å². The maximum Gasteiger partial charge on any atom is 0.158 e. The van der Waals surface area contributed by atoms with Crippen LogP contribution in [0.25, 0.3) is 0 Å². The first kappa shape index (κ1) is 9.47. The van der Waals surface area contributed by atoms with E-state index < -0.39 is 0 Å². The Morgan fingerprint density at radius 3 is 2.64 bits per heavy atom. The van der Waals surface area contributed by atoms with E-state index in [4.69, 9.17) is 5.26 Å². The molecule has 0 bridgehead atoms. The van der Waals surface area contributed by atoms with Gasteiger partial charge in [-0.3, -0.25) is 0 Å². The molecule has 0 N–H and O–H groups in total. The Balaban J connectivity index is 1.99. The van der Waals surface area contributed by atoms with Crippen molar-refractivity contribution in [3.8, 4) is 6.07 Å². The molecular formula is C10H11N3S. The highest BCUT2D eigenvalue weighted by Gasteiger charge is 2.16. The summed E-state index contributed by atoms with van der Waals surface area (Å²) in [6.45, 7) is 0. The van der Waals surface area contributed by atoms with Crippen molar-refractivity contribution in [2.24, 2.45) is 0 Å². The second-order valence-corrected chi connectivity index (χ2v) is 4.70. The number of thioether (sulfide) groups is 1. The fourth-order valence-corrected chi connectivity index (χ4v) is 2.75. The summed E-state index contributed by atoms with van der Waals surface area (Å²) in [5.74, 6) is 0. The molecule has 1 fully saturated rings. The summed E-state index contributed by atoms with van der Waals surface area (Å²) in [7, 11) is 0. The molecule has 1 aliphatic rings. The van der Waals surface area contributed by atoms with E-state index in [2.05, 4.69) is 9.97 Å². The maximum atomic E-state index is 8.55. The quantitative estimate of drug-likeness (QED) is 0.743. The van der Waals surface area contributed by atoms with Crippen LogP contribution in [0.5, 0.6) is 0 Å². The third kappa shape index (κ3) is 2.24. The monoisotopic (exact) mass is 205 g/mol. The third-order valence-electron chi connectivity index (χ3n) is 2.33. The fourth-order valence-electron chi connectivity index (χ4n) is 1.61. The summed E-state index contributed by atoms with van der Waals surface area (Å²) >= 11 is 1.79. The van der Waals surface area contributed by atoms with Gasteiger partial charge < -0.3 is 0 Å². The lowest BCUT2D eigenvalue weighted by molar-refractivity contribution is 0.886. The standard InChI is InChI=1S/C10H11N3S/c11-5-8-6-13-10(7-12-8)14-9-3-1-2-4-9/h6-7,9H,1-4H2. The Morgan fingerprint density at radius 2 is 2.07 bits per heavy atom. The summed E-state index contributed by atoms with van der Waals surface area (Å²) in [5, 5.41) is 10.2. The van der Waals surface area contributed by atoms with Gasteiger partial charge in [0.2, 0.25) is 0 Å². The van der Waals surface area contributed by atoms with Gasteiger partial charge in [-0.15, -0.1) is 11.8 Å². The van der Waals surface area contributed by atoms with Crippen molar-refractivity contribution < 1.29 is 0 Å². The molecule has 14 heavy (non-hydrogen) atoms. The molecule has 3 nitrogen and oxygen atoms in total. The number of rotatable bonds is 2. The number of nitriles is 1. The van der Waals surface area contributed by atoms with Crippen molar-refractivity contribution in [2.75, 3.05) is 0 Å². The van der Waals surface area contributed by atoms with E-state index in [0.29, 0.717) is 10.9 Å². The highest BCUT2D eigenvalue weighted by atomic mass is 32.2. The molecule has 72 valence electrons. The molecule has 1 aliphatic carbocycles. The van der Waals surface area contributed by atoms with Gasteiger partial charge >= 0.3 is 0 Å². The number of hydrogen-bond donors (Lipinski definition) is 0. The van der Waals surface area contributed by atoms with Crippen LogP contribution in [0.2, 0.25) is 0 Å². The van der Waals surface area contributed by atoms with E-state index in [1.54, 1.807) is 18.0 Å². The van der Waals surface area contributed by atoms with E-state index in [9.17, 15) is 0 Å². The van der Waals surface area contributed by atoms with Crippen molar-refractivity contribution in [3.05, 3.63) is 18.1 Å². The van der Waals surface area contributed by atoms with Crippen LogP contribution in [0.4, 0.5) is 0 Å².